The van der Waals surface area contributed by atoms with Gasteiger partial charge in [-0.25, -0.2) is 0 Å². The molecule has 0 aliphatic heterocycles. The number of aromatic amines is 1. The summed E-state index contributed by atoms with van der Waals surface area (Å²) in [6.45, 7) is 3.79. The van der Waals surface area contributed by atoms with Crippen molar-refractivity contribution in [3.63, 3.8) is 0 Å². The number of amides is 1. The molecule has 1 amide bonds. The van der Waals surface area contributed by atoms with Crippen LogP contribution in [0.25, 0.3) is 28.0 Å². The van der Waals surface area contributed by atoms with Crippen LogP contribution in [0.2, 0.25) is 5.02 Å². The van der Waals surface area contributed by atoms with Crippen LogP contribution in [0.15, 0.2) is 59.9 Å². The molecule has 1 aliphatic carbocycles. The maximum absolute atomic E-state index is 13.0. The van der Waals surface area contributed by atoms with E-state index >= 15 is 0 Å². The standard InChI is InChI=1S/C25H26ClN5OS/c1-2-13-30(15-17-7-8-17)23(32)16-33-25-29-28-24(31(25)19-11-9-18(26)10-12-19)21-14-27-22-6-4-3-5-20(21)22/h3-6,9-12,14,17,27H,2,7-8,13,15-16H2,1H3. The molecule has 1 N–H and O–H groups in total. The van der Waals surface area contributed by atoms with Crippen molar-refractivity contribution in [3.05, 3.63) is 59.8 Å². The van der Waals surface area contributed by atoms with Gasteiger partial charge in [-0.15, -0.1) is 10.2 Å². The number of para-hydroxylation sites is 1. The number of thioether (sulfide) groups is 1. The molecule has 5 rings (SSSR count). The number of H-pyrrole nitrogens is 1. The molecule has 1 saturated carbocycles. The number of aromatic nitrogens is 4. The van der Waals surface area contributed by atoms with Gasteiger partial charge in [-0.2, -0.15) is 0 Å². The molecule has 0 saturated heterocycles. The first-order valence-electron chi connectivity index (χ1n) is 11.3. The Balaban J connectivity index is 1.47. The Bertz CT molecular complexity index is 1260. The Morgan fingerprint density at radius 2 is 1.97 bits per heavy atom. The Morgan fingerprint density at radius 3 is 2.73 bits per heavy atom. The quantitative estimate of drug-likeness (QED) is 0.307. The van der Waals surface area contributed by atoms with Gasteiger partial charge >= 0.3 is 0 Å². The maximum atomic E-state index is 13.0. The Morgan fingerprint density at radius 1 is 1.18 bits per heavy atom. The van der Waals surface area contributed by atoms with Crippen molar-refractivity contribution in [1.29, 1.82) is 0 Å². The number of rotatable bonds is 9. The van der Waals surface area contributed by atoms with Gasteiger partial charge in [-0.05, 0) is 55.5 Å². The van der Waals surface area contributed by atoms with Crippen LogP contribution in [-0.2, 0) is 4.79 Å². The largest absolute Gasteiger partial charge is 0.360 e. The van der Waals surface area contributed by atoms with E-state index in [2.05, 4.69) is 28.2 Å². The fraction of sp³-hybridized carbons (Fsp3) is 0.320. The molecule has 1 fully saturated rings. The van der Waals surface area contributed by atoms with Crippen LogP contribution >= 0.6 is 23.4 Å². The van der Waals surface area contributed by atoms with Crippen LogP contribution in [0.4, 0.5) is 0 Å². The van der Waals surface area contributed by atoms with E-state index in [0.717, 1.165) is 47.5 Å². The van der Waals surface area contributed by atoms with Gasteiger partial charge < -0.3 is 9.88 Å². The zero-order chi connectivity index (χ0) is 22.8. The predicted molar refractivity (Wildman–Crippen MR) is 134 cm³/mol. The van der Waals surface area contributed by atoms with Gasteiger partial charge in [0.15, 0.2) is 11.0 Å². The first-order valence-corrected chi connectivity index (χ1v) is 12.7. The van der Waals surface area contributed by atoms with Crippen LogP contribution < -0.4 is 0 Å². The van der Waals surface area contributed by atoms with Crippen LogP contribution in [-0.4, -0.2) is 49.4 Å². The smallest absolute Gasteiger partial charge is 0.233 e. The molecular weight excluding hydrogens is 454 g/mol. The Labute approximate surface area is 202 Å². The molecule has 1 aliphatic rings. The lowest BCUT2D eigenvalue weighted by molar-refractivity contribution is -0.128. The fourth-order valence-corrected chi connectivity index (χ4v) is 5.02. The monoisotopic (exact) mass is 479 g/mol. The van der Waals surface area contributed by atoms with E-state index < -0.39 is 0 Å². The predicted octanol–water partition coefficient (Wildman–Crippen LogP) is 5.81. The Kier molecular flexibility index (Phi) is 6.42. The summed E-state index contributed by atoms with van der Waals surface area (Å²) in [7, 11) is 0. The van der Waals surface area contributed by atoms with Crippen molar-refractivity contribution < 1.29 is 4.79 Å². The molecule has 0 radical (unpaired) electrons. The van der Waals surface area contributed by atoms with Crippen molar-refractivity contribution in [2.24, 2.45) is 5.92 Å². The van der Waals surface area contributed by atoms with E-state index in [1.165, 1.54) is 24.6 Å². The highest BCUT2D eigenvalue weighted by Gasteiger charge is 2.27. The van der Waals surface area contributed by atoms with Crippen LogP contribution in [0.5, 0.6) is 0 Å². The first-order chi connectivity index (χ1) is 16.1. The topological polar surface area (TPSA) is 66.8 Å². The third-order valence-electron chi connectivity index (χ3n) is 5.89. The highest BCUT2D eigenvalue weighted by atomic mass is 35.5. The lowest BCUT2D eigenvalue weighted by Crippen LogP contribution is -2.35. The molecule has 170 valence electrons. The van der Waals surface area contributed by atoms with Gasteiger partial charge in [0.2, 0.25) is 5.91 Å². The zero-order valence-electron chi connectivity index (χ0n) is 18.5. The second-order valence-electron chi connectivity index (χ2n) is 8.44. The second-order valence-corrected chi connectivity index (χ2v) is 9.82. The highest BCUT2D eigenvalue weighted by molar-refractivity contribution is 7.99. The van der Waals surface area contributed by atoms with Crippen molar-refractivity contribution >= 4 is 40.2 Å². The molecule has 0 atom stereocenters. The summed E-state index contributed by atoms with van der Waals surface area (Å²) in [6, 6.07) is 15.7. The SMILES string of the molecule is CCCN(CC1CC1)C(=O)CSc1nnc(-c2c[nH]c3ccccc23)n1-c1ccc(Cl)cc1. The number of fused-ring (bicyclic) bond motifs is 1. The van der Waals surface area contributed by atoms with Crippen molar-refractivity contribution in [1.82, 2.24) is 24.6 Å². The molecule has 0 spiro atoms. The molecule has 2 aromatic heterocycles. The summed E-state index contributed by atoms with van der Waals surface area (Å²) in [5, 5.41) is 11.5. The van der Waals surface area contributed by atoms with E-state index in [9.17, 15) is 4.79 Å². The molecule has 0 unspecified atom stereocenters. The number of nitrogens with one attached hydrogen (secondary N) is 1. The van der Waals surface area contributed by atoms with Gasteiger partial charge in [0, 0.05) is 46.5 Å². The number of halogens is 1. The minimum Gasteiger partial charge on any atom is -0.360 e. The zero-order valence-corrected chi connectivity index (χ0v) is 20.1. The maximum Gasteiger partial charge on any atom is 0.233 e. The number of benzene rings is 2. The van der Waals surface area contributed by atoms with E-state index in [-0.39, 0.29) is 5.91 Å². The summed E-state index contributed by atoms with van der Waals surface area (Å²) in [5.41, 5.74) is 2.91. The normalized spacial score (nSPS) is 13.5. The second kappa shape index (κ2) is 9.61. The summed E-state index contributed by atoms with van der Waals surface area (Å²) < 4.78 is 2.01. The summed E-state index contributed by atoms with van der Waals surface area (Å²) >= 11 is 7.58. The van der Waals surface area contributed by atoms with Gasteiger partial charge in [-0.3, -0.25) is 9.36 Å². The molecule has 2 aromatic carbocycles. The molecule has 2 heterocycles. The number of carbonyl (C=O) groups excluding carboxylic acids is 1. The van der Waals surface area contributed by atoms with Crippen LogP contribution in [0, 0.1) is 5.92 Å². The van der Waals surface area contributed by atoms with Crippen LogP contribution in [0.1, 0.15) is 26.2 Å². The first kappa shape index (κ1) is 22.0. The number of nitrogens with zero attached hydrogens (tertiary/aromatic N) is 4. The van der Waals surface area contributed by atoms with Crippen LogP contribution in [0.3, 0.4) is 0 Å². The summed E-state index contributed by atoms with van der Waals surface area (Å²) in [6.07, 6.45) is 5.40. The summed E-state index contributed by atoms with van der Waals surface area (Å²) in [4.78, 5) is 18.3. The molecule has 33 heavy (non-hydrogen) atoms. The lowest BCUT2D eigenvalue weighted by atomic mass is 10.1. The number of hydrogen-bond acceptors (Lipinski definition) is 4. The average molecular weight is 480 g/mol. The van der Waals surface area contributed by atoms with Crippen molar-refractivity contribution in [2.45, 2.75) is 31.3 Å². The minimum absolute atomic E-state index is 0.160. The number of hydrogen-bond donors (Lipinski definition) is 1. The van der Waals surface area contributed by atoms with Gasteiger partial charge in [-0.1, -0.05) is 48.5 Å². The third-order valence-corrected chi connectivity index (χ3v) is 7.06. The molecule has 0 bridgehead atoms. The van der Waals surface area contributed by atoms with E-state index in [1.807, 2.05) is 58.1 Å². The Hall–Kier alpha value is -2.77. The molecule has 4 aromatic rings. The highest BCUT2D eigenvalue weighted by Crippen LogP contribution is 2.33. The van der Waals surface area contributed by atoms with E-state index in [0.29, 0.717) is 21.8 Å². The molecule has 6 nitrogen and oxygen atoms in total. The van der Waals surface area contributed by atoms with E-state index in [1.54, 1.807) is 0 Å². The molecular formula is C25H26ClN5OS. The van der Waals surface area contributed by atoms with Crippen molar-refractivity contribution in [2.75, 3.05) is 18.8 Å². The van der Waals surface area contributed by atoms with E-state index in [4.69, 9.17) is 11.6 Å². The summed E-state index contributed by atoms with van der Waals surface area (Å²) in [5.74, 6) is 1.91. The lowest BCUT2D eigenvalue weighted by Gasteiger charge is -2.21. The average Bonchev–Trinajstić information content (AvgIpc) is 3.39. The van der Waals surface area contributed by atoms with Gasteiger partial charge in [0.1, 0.15) is 0 Å². The third kappa shape index (κ3) is 4.80. The van der Waals surface area contributed by atoms with Crippen molar-refractivity contribution in [3.8, 4) is 17.1 Å². The minimum atomic E-state index is 0.160. The van der Waals surface area contributed by atoms with Gasteiger partial charge in [0.25, 0.3) is 0 Å². The fourth-order valence-electron chi connectivity index (χ4n) is 4.03. The molecule has 8 heteroatoms. The van der Waals surface area contributed by atoms with Gasteiger partial charge in [0.05, 0.1) is 5.75 Å². The number of carbonyl (C=O) groups is 1.